The molecule has 1 saturated heterocycles. The van der Waals surface area contributed by atoms with Crippen LogP contribution < -0.4 is 5.73 Å². The third-order valence-electron chi connectivity index (χ3n) is 5.43. The van der Waals surface area contributed by atoms with Gasteiger partial charge in [-0.15, -0.1) is 12.4 Å². The van der Waals surface area contributed by atoms with Gasteiger partial charge in [-0.05, 0) is 37.1 Å². The van der Waals surface area contributed by atoms with E-state index in [1.54, 1.807) is 12.5 Å². The van der Waals surface area contributed by atoms with Gasteiger partial charge in [0, 0.05) is 31.5 Å². The average molecular weight is 413 g/mol. The predicted molar refractivity (Wildman–Crippen MR) is 110 cm³/mol. The molecular formula is C20H21ClN6O2. The van der Waals surface area contributed by atoms with E-state index in [1.165, 1.54) is 0 Å². The minimum atomic E-state index is -0.299. The first-order valence-electron chi connectivity index (χ1n) is 9.30. The summed E-state index contributed by atoms with van der Waals surface area (Å²) in [4.78, 5) is 13.6. The van der Waals surface area contributed by atoms with Gasteiger partial charge in [0.15, 0.2) is 0 Å². The van der Waals surface area contributed by atoms with Crippen LogP contribution >= 0.6 is 12.4 Å². The van der Waals surface area contributed by atoms with E-state index < -0.39 is 0 Å². The number of hydrogen-bond acceptors (Lipinski definition) is 7. The lowest BCUT2D eigenvalue weighted by atomic mass is 9.80. The van der Waals surface area contributed by atoms with Crippen molar-refractivity contribution < 1.29 is 9.26 Å². The third kappa shape index (κ3) is 3.39. The number of halogens is 1. The zero-order valence-electron chi connectivity index (χ0n) is 15.7. The number of para-hydroxylation sites is 2. The molecule has 2 N–H and O–H groups in total. The Morgan fingerprint density at radius 3 is 2.66 bits per heavy atom. The molecule has 5 rings (SSSR count). The molecule has 4 heterocycles. The van der Waals surface area contributed by atoms with Gasteiger partial charge >= 0.3 is 0 Å². The van der Waals surface area contributed by atoms with E-state index in [0.717, 1.165) is 35.3 Å². The van der Waals surface area contributed by atoms with E-state index in [0.29, 0.717) is 31.5 Å². The molecule has 29 heavy (non-hydrogen) atoms. The summed E-state index contributed by atoms with van der Waals surface area (Å²) in [6.45, 7) is 1.77. The van der Waals surface area contributed by atoms with Crippen LogP contribution in [-0.4, -0.2) is 44.4 Å². The summed E-state index contributed by atoms with van der Waals surface area (Å²) in [5.74, 6) is 1.88. The number of nitrogens with two attached hydrogens (primary N) is 1. The number of fused-ring (bicyclic) bond motifs is 1. The van der Waals surface area contributed by atoms with E-state index in [-0.39, 0.29) is 17.8 Å². The van der Waals surface area contributed by atoms with E-state index in [2.05, 4.69) is 20.1 Å². The van der Waals surface area contributed by atoms with Crippen LogP contribution in [0, 0.1) is 0 Å². The molecule has 1 fully saturated rings. The molecule has 1 aliphatic heterocycles. The molecule has 4 aromatic rings. The molecule has 0 unspecified atom stereocenters. The van der Waals surface area contributed by atoms with Crippen LogP contribution in [0.1, 0.15) is 18.7 Å². The zero-order chi connectivity index (χ0) is 19.0. The summed E-state index contributed by atoms with van der Waals surface area (Å²) in [5, 5.41) is 4.16. The highest BCUT2D eigenvalue weighted by Crippen LogP contribution is 2.33. The largest absolute Gasteiger partial charge is 0.381 e. The highest BCUT2D eigenvalue weighted by Gasteiger charge is 2.38. The van der Waals surface area contributed by atoms with Gasteiger partial charge in [-0.25, -0.2) is 9.97 Å². The topological polar surface area (TPSA) is 105 Å². The second-order valence-electron chi connectivity index (χ2n) is 7.03. The lowest BCUT2D eigenvalue weighted by Gasteiger charge is -2.32. The van der Waals surface area contributed by atoms with Crippen molar-refractivity contribution in [1.82, 2.24) is 24.7 Å². The fourth-order valence-electron chi connectivity index (χ4n) is 3.63. The molecule has 0 bridgehead atoms. The van der Waals surface area contributed by atoms with Crippen molar-refractivity contribution >= 4 is 23.4 Å². The first-order valence-corrected chi connectivity index (χ1v) is 9.30. The molecule has 8 nitrogen and oxygen atoms in total. The van der Waals surface area contributed by atoms with E-state index in [1.807, 2.05) is 41.0 Å². The van der Waals surface area contributed by atoms with Gasteiger partial charge in [-0.1, -0.05) is 17.3 Å². The fourth-order valence-corrected chi connectivity index (χ4v) is 3.63. The third-order valence-corrected chi connectivity index (χ3v) is 5.43. The molecule has 9 heteroatoms. The highest BCUT2D eigenvalue weighted by molar-refractivity contribution is 5.85. The molecule has 0 saturated carbocycles. The van der Waals surface area contributed by atoms with E-state index in [4.69, 9.17) is 15.0 Å². The summed E-state index contributed by atoms with van der Waals surface area (Å²) < 4.78 is 13.0. The first-order chi connectivity index (χ1) is 13.8. The summed E-state index contributed by atoms with van der Waals surface area (Å²) in [6, 6.07) is 11.8. The summed E-state index contributed by atoms with van der Waals surface area (Å²) in [7, 11) is 0. The first kappa shape index (κ1) is 19.5. The maximum absolute atomic E-state index is 6.03. The normalized spacial score (nSPS) is 15.9. The molecule has 1 aromatic carbocycles. The van der Waals surface area contributed by atoms with Crippen molar-refractivity contribution in [2.45, 2.75) is 18.3 Å². The van der Waals surface area contributed by atoms with Gasteiger partial charge in [0.1, 0.15) is 12.1 Å². The van der Waals surface area contributed by atoms with Gasteiger partial charge in [-0.3, -0.25) is 4.57 Å². The summed E-state index contributed by atoms with van der Waals surface area (Å²) in [6.07, 6.45) is 5.10. The van der Waals surface area contributed by atoms with Crippen LogP contribution in [0.25, 0.3) is 28.2 Å². The van der Waals surface area contributed by atoms with Gasteiger partial charge in [0.25, 0.3) is 0 Å². The Balaban J connectivity index is 0.00000205. The molecule has 0 amide bonds. The molecule has 0 spiro atoms. The van der Waals surface area contributed by atoms with Crippen molar-refractivity contribution in [2.75, 3.05) is 19.8 Å². The number of nitrogens with zero attached hydrogens (tertiary/aromatic N) is 5. The SMILES string of the molecule is Cl.NCC1(c2nc(-c3ccc(-n4cnc5ccccc54)nc3)no2)CCOCC1. The quantitative estimate of drug-likeness (QED) is 0.549. The lowest BCUT2D eigenvalue weighted by Crippen LogP contribution is -2.40. The van der Waals surface area contributed by atoms with Crippen molar-refractivity contribution in [3.63, 3.8) is 0 Å². The van der Waals surface area contributed by atoms with Crippen molar-refractivity contribution in [3.8, 4) is 17.2 Å². The maximum atomic E-state index is 6.03. The van der Waals surface area contributed by atoms with Crippen LogP contribution in [0.2, 0.25) is 0 Å². The number of aromatic nitrogens is 5. The Hall–Kier alpha value is -2.81. The molecule has 0 atom stereocenters. The minimum Gasteiger partial charge on any atom is -0.381 e. The molecular weight excluding hydrogens is 392 g/mol. The Morgan fingerprint density at radius 1 is 1.07 bits per heavy atom. The number of rotatable bonds is 4. The summed E-state index contributed by atoms with van der Waals surface area (Å²) >= 11 is 0. The number of ether oxygens (including phenoxy) is 1. The lowest BCUT2D eigenvalue weighted by molar-refractivity contribution is 0.0409. The van der Waals surface area contributed by atoms with Crippen LogP contribution in [0.15, 0.2) is 53.4 Å². The maximum Gasteiger partial charge on any atom is 0.234 e. The smallest absolute Gasteiger partial charge is 0.234 e. The Labute approximate surface area is 173 Å². The van der Waals surface area contributed by atoms with E-state index >= 15 is 0 Å². The van der Waals surface area contributed by atoms with Gasteiger partial charge in [0.05, 0.1) is 16.4 Å². The number of imidazole rings is 1. The van der Waals surface area contributed by atoms with Crippen molar-refractivity contribution in [3.05, 3.63) is 54.8 Å². The standard InChI is InChI=1S/C20H20N6O2.ClH/c21-12-20(7-9-27-10-8-20)19-24-18(25-28-19)14-5-6-17(22-11-14)26-13-23-15-3-1-2-4-16(15)26;/h1-6,11,13H,7-10,12,21H2;1H. The van der Waals surface area contributed by atoms with Crippen molar-refractivity contribution in [1.29, 1.82) is 0 Å². The van der Waals surface area contributed by atoms with Crippen LogP contribution in [0.5, 0.6) is 0 Å². The molecule has 3 aromatic heterocycles. The van der Waals surface area contributed by atoms with Gasteiger partial charge in [-0.2, -0.15) is 4.98 Å². The van der Waals surface area contributed by atoms with E-state index in [9.17, 15) is 0 Å². The average Bonchev–Trinajstić information content (AvgIpc) is 3.42. The highest BCUT2D eigenvalue weighted by atomic mass is 35.5. The number of pyridine rings is 1. The number of benzene rings is 1. The van der Waals surface area contributed by atoms with Crippen LogP contribution in [0.4, 0.5) is 0 Å². The van der Waals surface area contributed by atoms with Crippen LogP contribution in [-0.2, 0) is 10.2 Å². The zero-order valence-corrected chi connectivity index (χ0v) is 16.5. The fraction of sp³-hybridized carbons (Fsp3) is 0.300. The van der Waals surface area contributed by atoms with Gasteiger partial charge in [0.2, 0.25) is 11.7 Å². The summed E-state index contributed by atoms with van der Waals surface area (Å²) in [5.41, 5.74) is 8.47. The van der Waals surface area contributed by atoms with Crippen molar-refractivity contribution in [2.24, 2.45) is 5.73 Å². The predicted octanol–water partition coefficient (Wildman–Crippen LogP) is 2.90. The Morgan fingerprint density at radius 2 is 1.90 bits per heavy atom. The minimum absolute atomic E-state index is 0. The second kappa shape index (κ2) is 7.90. The Bertz CT molecular complexity index is 1100. The molecule has 0 radical (unpaired) electrons. The number of hydrogen-bond donors (Lipinski definition) is 1. The van der Waals surface area contributed by atoms with Gasteiger partial charge < -0.3 is 15.0 Å². The molecule has 150 valence electrons. The Kier molecular flexibility index (Phi) is 5.31. The molecule has 1 aliphatic rings. The monoisotopic (exact) mass is 412 g/mol. The van der Waals surface area contributed by atoms with Crippen LogP contribution in [0.3, 0.4) is 0 Å². The molecule has 0 aliphatic carbocycles. The second-order valence-corrected chi connectivity index (χ2v) is 7.03.